The Bertz CT molecular complexity index is 1940. The zero-order chi connectivity index (χ0) is 25.5. The van der Waals surface area contributed by atoms with Crippen molar-refractivity contribution in [2.75, 3.05) is 11.1 Å². The van der Waals surface area contributed by atoms with Crippen LogP contribution in [-0.4, -0.2) is 0 Å². The summed E-state index contributed by atoms with van der Waals surface area (Å²) in [5.41, 5.74) is 13.6. The number of nitrogens with one attached hydrogen (secondary N) is 1. The van der Waals surface area contributed by atoms with E-state index in [1.807, 2.05) is 12.1 Å². The summed E-state index contributed by atoms with van der Waals surface area (Å²) in [5, 5.41) is 11.2. The molecule has 0 heterocycles. The van der Waals surface area contributed by atoms with Gasteiger partial charge in [0.15, 0.2) is 0 Å². The second-order valence-corrected chi connectivity index (χ2v) is 9.76. The second kappa shape index (κ2) is 9.10. The van der Waals surface area contributed by atoms with Gasteiger partial charge in [0.2, 0.25) is 0 Å². The van der Waals surface area contributed by atoms with E-state index >= 15 is 0 Å². The van der Waals surface area contributed by atoms with Crippen LogP contribution in [0.25, 0.3) is 54.6 Å². The van der Waals surface area contributed by atoms with Crippen LogP contribution >= 0.6 is 0 Å². The van der Waals surface area contributed by atoms with E-state index in [1.165, 1.54) is 49.0 Å². The number of rotatable bonds is 4. The van der Waals surface area contributed by atoms with Gasteiger partial charge in [-0.3, -0.25) is 0 Å². The molecule has 2 nitrogen and oxygen atoms in total. The van der Waals surface area contributed by atoms with E-state index in [1.54, 1.807) is 0 Å². The molecule has 0 radical (unpaired) electrons. The van der Waals surface area contributed by atoms with Gasteiger partial charge in [0, 0.05) is 22.4 Å². The Morgan fingerprint density at radius 2 is 1.13 bits per heavy atom. The van der Waals surface area contributed by atoms with Gasteiger partial charge < -0.3 is 11.1 Å². The molecule has 0 aromatic heterocycles. The lowest BCUT2D eigenvalue weighted by Gasteiger charge is -2.16. The molecule has 0 amide bonds. The third-order valence-electron chi connectivity index (χ3n) is 7.33. The minimum atomic E-state index is 0.768. The molecule has 7 aromatic rings. The van der Waals surface area contributed by atoms with Gasteiger partial charge in [-0.15, -0.1) is 0 Å². The SMILES string of the molecule is Nc1ccc(-c2ccc(Nc3cccc4ccc5cc6ccccc6cc5c34)cc2-c2ccccc2)cc1. The Morgan fingerprint density at radius 3 is 1.95 bits per heavy atom. The summed E-state index contributed by atoms with van der Waals surface area (Å²) in [6, 6.07) is 49.4. The molecule has 0 unspecified atom stereocenters. The molecule has 0 spiro atoms. The lowest BCUT2D eigenvalue weighted by molar-refractivity contribution is 1.54. The summed E-state index contributed by atoms with van der Waals surface area (Å²) in [4.78, 5) is 0. The highest BCUT2D eigenvalue weighted by Crippen LogP contribution is 2.38. The van der Waals surface area contributed by atoms with Crippen molar-refractivity contribution in [2.24, 2.45) is 0 Å². The number of nitrogens with two attached hydrogens (primary N) is 1. The van der Waals surface area contributed by atoms with Crippen LogP contribution in [0.15, 0.2) is 140 Å². The highest BCUT2D eigenvalue weighted by atomic mass is 14.9. The molecule has 0 aliphatic carbocycles. The van der Waals surface area contributed by atoms with Gasteiger partial charge in [-0.25, -0.2) is 0 Å². The van der Waals surface area contributed by atoms with Crippen molar-refractivity contribution >= 4 is 49.4 Å². The standard InChI is InChI=1S/C36H26N2/c37-30-17-15-25(16-18-30)32-20-19-31(23-33(32)24-7-2-1-3-8-24)38-35-12-6-11-26-13-14-29-21-27-9-4-5-10-28(27)22-34(29)36(26)35/h1-23,38H,37H2. The zero-order valence-corrected chi connectivity index (χ0v) is 20.9. The number of anilines is 3. The zero-order valence-electron chi connectivity index (χ0n) is 20.9. The van der Waals surface area contributed by atoms with Crippen molar-refractivity contribution in [3.63, 3.8) is 0 Å². The van der Waals surface area contributed by atoms with Crippen molar-refractivity contribution in [1.82, 2.24) is 0 Å². The van der Waals surface area contributed by atoms with E-state index in [4.69, 9.17) is 5.73 Å². The Kier molecular flexibility index (Phi) is 5.30. The average molecular weight is 487 g/mol. The summed E-state index contributed by atoms with van der Waals surface area (Å²) in [6.45, 7) is 0. The fourth-order valence-electron chi connectivity index (χ4n) is 5.45. The summed E-state index contributed by atoms with van der Waals surface area (Å²) in [7, 11) is 0. The lowest BCUT2D eigenvalue weighted by atomic mass is 9.93. The number of hydrogen-bond acceptors (Lipinski definition) is 2. The number of fused-ring (bicyclic) bond motifs is 4. The monoisotopic (exact) mass is 486 g/mol. The largest absolute Gasteiger partial charge is 0.399 e. The Balaban J connectivity index is 1.39. The van der Waals surface area contributed by atoms with Crippen molar-refractivity contribution in [3.05, 3.63) is 140 Å². The lowest BCUT2D eigenvalue weighted by Crippen LogP contribution is -1.94. The van der Waals surface area contributed by atoms with Gasteiger partial charge >= 0.3 is 0 Å². The van der Waals surface area contributed by atoms with E-state index in [2.05, 4.69) is 133 Å². The molecule has 2 heteroatoms. The topological polar surface area (TPSA) is 38.0 Å². The minimum absolute atomic E-state index is 0.768. The molecule has 180 valence electrons. The van der Waals surface area contributed by atoms with Crippen LogP contribution in [0, 0.1) is 0 Å². The molecule has 3 N–H and O–H groups in total. The van der Waals surface area contributed by atoms with Crippen LogP contribution in [0.1, 0.15) is 0 Å². The van der Waals surface area contributed by atoms with E-state index in [-0.39, 0.29) is 0 Å². The van der Waals surface area contributed by atoms with Crippen LogP contribution in [0.4, 0.5) is 17.1 Å². The van der Waals surface area contributed by atoms with Crippen LogP contribution in [0.2, 0.25) is 0 Å². The maximum absolute atomic E-state index is 5.97. The normalized spacial score (nSPS) is 11.3. The molecule has 0 fully saturated rings. The van der Waals surface area contributed by atoms with Gasteiger partial charge in [0.1, 0.15) is 0 Å². The Morgan fingerprint density at radius 1 is 0.447 bits per heavy atom. The molecule has 0 saturated heterocycles. The molecular weight excluding hydrogens is 460 g/mol. The van der Waals surface area contributed by atoms with Crippen molar-refractivity contribution in [2.45, 2.75) is 0 Å². The molecule has 38 heavy (non-hydrogen) atoms. The molecule has 0 saturated carbocycles. The van der Waals surface area contributed by atoms with E-state index in [9.17, 15) is 0 Å². The summed E-state index contributed by atoms with van der Waals surface area (Å²) < 4.78 is 0. The third kappa shape index (κ3) is 3.93. The summed E-state index contributed by atoms with van der Waals surface area (Å²) in [5.74, 6) is 0. The van der Waals surface area contributed by atoms with Crippen LogP contribution in [-0.2, 0) is 0 Å². The van der Waals surface area contributed by atoms with E-state index in [0.29, 0.717) is 0 Å². The second-order valence-electron chi connectivity index (χ2n) is 9.76. The van der Waals surface area contributed by atoms with Gasteiger partial charge in [0.25, 0.3) is 0 Å². The van der Waals surface area contributed by atoms with Gasteiger partial charge in [0.05, 0.1) is 0 Å². The van der Waals surface area contributed by atoms with Gasteiger partial charge in [-0.2, -0.15) is 0 Å². The smallest absolute Gasteiger partial charge is 0.0470 e. The van der Waals surface area contributed by atoms with Crippen molar-refractivity contribution in [1.29, 1.82) is 0 Å². The van der Waals surface area contributed by atoms with Crippen molar-refractivity contribution in [3.8, 4) is 22.3 Å². The Labute approximate surface area is 222 Å². The van der Waals surface area contributed by atoms with Crippen LogP contribution in [0.3, 0.4) is 0 Å². The Hall–Kier alpha value is -5.08. The molecule has 0 aliphatic heterocycles. The first-order valence-electron chi connectivity index (χ1n) is 12.9. The van der Waals surface area contributed by atoms with Gasteiger partial charge in [-0.1, -0.05) is 97.1 Å². The molecule has 0 atom stereocenters. The summed E-state index contributed by atoms with van der Waals surface area (Å²) in [6.07, 6.45) is 0. The minimum Gasteiger partial charge on any atom is -0.399 e. The first-order chi connectivity index (χ1) is 18.7. The van der Waals surface area contributed by atoms with Crippen LogP contribution < -0.4 is 11.1 Å². The average Bonchev–Trinajstić information content (AvgIpc) is 2.97. The number of benzene rings is 7. The first kappa shape index (κ1) is 22.1. The van der Waals surface area contributed by atoms with Gasteiger partial charge in [-0.05, 0) is 91.6 Å². The number of hydrogen-bond donors (Lipinski definition) is 2. The van der Waals surface area contributed by atoms with Crippen molar-refractivity contribution < 1.29 is 0 Å². The number of nitrogen functional groups attached to an aromatic ring is 1. The maximum atomic E-state index is 5.97. The predicted molar refractivity (Wildman–Crippen MR) is 164 cm³/mol. The van der Waals surface area contributed by atoms with E-state index < -0.39 is 0 Å². The first-order valence-corrected chi connectivity index (χ1v) is 12.9. The summed E-state index contributed by atoms with van der Waals surface area (Å²) >= 11 is 0. The fraction of sp³-hybridized carbons (Fsp3) is 0. The molecular formula is C36H26N2. The maximum Gasteiger partial charge on any atom is 0.0470 e. The highest BCUT2D eigenvalue weighted by molar-refractivity contribution is 6.17. The van der Waals surface area contributed by atoms with Crippen LogP contribution in [0.5, 0.6) is 0 Å². The highest BCUT2D eigenvalue weighted by Gasteiger charge is 2.12. The molecule has 7 rings (SSSR count). The molecule has 7 aromatic carbocycles. The predicted octanol–water partition coefficient (Wildman–Crippen LogP) is 9.81. The molecule has 0 aliphatic rings. The van der Waals surface area contributed by atoms with E-state index in [0.717, 1.165) is 22.6 Å². The third-order valence-corrected chi connectivity index (χ3v) is 7.33. The quantitative estimate of drug-likeness (QED) is 0.148. The fourth-order valence-corrected chi connectivity index (χ4v) is 5.45. The molecule has 0 bridgehead atoms.